The van der Waals surface area contributed by atoms with E-state index in [1.807, 2.05) is 30.3 Å². The molecule has 5 heteroatoms. The molecule has 2 N–H and O–H groups in total. The van der Waals surface area contributed by atoms with Crippen molar-refractivity contribution in [1.29, 1.82) is 0 Å². The van der Waals surface area contributed by atoms with Crippen LogP contribution in [0.4, 0.5) is 11.4 Å². The van der Waals surface area contributed by atoms with Crippen LogP contribution in [0.25, 0.3) is 0 Å². The van der Waals surface area contributed by atoms with Crippen molar-refractivity contribution in [2.24, 2.45) is 0 Å². The molecule has 0 saturated carbocycles. The molecule has 1 atom stereocenters. The molecule has 0 aliphatic carbocycles. The maximum absolute atomic E-state index is 12.4. The zero-order chi connectivity index (χ0) is 17.6. The van der Waals surface area contributed by atoms with E-state index in [2.05, 4.69) is 29.5 Å². The van der Waals surface area contributed by atoms with Crippen LogP contribution in [0.15, 0.2) is 42.7 Å². The highest BCUT2D eigenvalue weighted by Crippen LogP contribution is 2.18. The zero-order valence-electron chi connectivity index (χ0n) is 14.8. The largest absolute Gasteiger partial charge is 0.381 e. The summed E-state index contributed by atoms with van der Waals surface area (Å²) >= 11 is 0. The molecule has 1 unspecified atom stereocenters. The summed E-state index contributed by atoms with van der Waals surface area (Å²) in [7, 11) is 0. The Labute approximate surface area is 148 Å². The summed E-state index contributed by atoms with van der Waals surface area (Å²) < 4.78 is 5.60. The highest BCUT2D eigenvalue weighted by Gasteiger charge is 2.15. The fourth-order valence-corrected chi connectivity index (χ4v) is 2.85. The molecule has 1 fully saturated rings. The molecule has 5 nitrogen and oxygen atoms in total. The van der Waals surface area contributed by atoms with Crippen LogP contribution in [0.5, 0.6) is 0 Å². The van der Waals surface area contributed by atoms with Crippen molar-refractivity contribution in [3.63, 3.8) is 0 Å². The first kappa shape index (κ1) is 17.4. The summed E-state index contributed by atoms with van der Waals surface area (Å²) in [4.78, 5) is 16.6. The van der Waals surface area contributed by atoms with Crippen LogP contribution in [0.3, 0.4) is 0 Å². The predicted molar refractivity (Wildman–Crippen MR) is 100 cm³/mol. The minimum absolute atomic E-state index is 0.162. The number of pyridine rings is 1. The molecule has 1 aromatic carbocycles. The highest BCUT2D eigenvalue weighted by molar-refractivity contribution is 6.04. The lowest BCUT2D eigenvalue weighted by Gasteiger charge is -2.12. The van der Waals surface area contributed by atoms with E-state index in [1.165, 1.54) is 5.56 Å². The van der Waals surface area contributed by atoms with Crippen LogP contribution < -0.4 is 10.6 Å². The minimum Gasteiger partial charge on any atom is -0.381 e. The van der Waals surface area contributed by atoms with Gasteiger partial charge in [0.05, 0.1) is 17.4 Å². The maximum atomic E-state index is 12.4. The Kier molecular flexibility index (Phi) is 5.66. The molecule has 3 rings (SSSR count). The topological polar surface area (TPSA) is 63.2 Å². The lowest BCUT2D eigenvalue weighted by molar-refractivity contribution is 0.102. The summed E-state index contributed by atoms with van der Waals surface area (Å²) in [5.74, 6) is 0.311. The molecule has 25 heavy (non-hydrogen) atoms. The number of anilines is 2. The summed E-state index contributed by atoms with van der Waals surface area (Å²) in [6, 6.07) is 9.76. The standard InChI is InChI=1S/C20H25N3O2/c1-14(2)15-5-7-17(8-6-15)23-20(24)16-10-18(12-21-11-16)22-13-19-4-3-9-25-19/h5-8,10-12,14,19,22H,3-4,9,13H2,1-2H3,(H,23,24). The van der Waals surface area contributed by atoms with Gasteiger partial charge in [0.15, 0.2) is 0 Å². The summed E-state index contributed by atoms with van der Waals surface area (Å²) in [6.45, 7) is 5.87. The molecule has 2 aromatic rings. The Balaban J connectivity index is 1.60. The molecule has 0 spiro atoms. The van der Waals surface area contributed by atoms with Crippen LogP contribution in [0.1, 0.15) is 48.5 Å². The van der Waals surface area contributed by atoms with Crippen molar-refractivity contribution in [2.75, 3.05) is 23.8 Å². The molecule has 1 amide bonds. The second kappa shape index (κ2) is 8.12. The van der Waals surface area contributed by atoms with Crippen molar-refractivity contribution in [2.45, 2.75) is 38.7 Å². The molecule has 1 aliphatic rings. The van der Waals surface area contributed by atoms with Gasteiger partial charge in [-0.05, 0) is 42.5 Å². The smallest absolute Gasteiger partial charge is 0.257 e. The van der Waals surface area contributed by atoms with Gasteiger partial charge in [0.25, 0.3) is 5.91 Å². The Morgan fingerprint density at radius 2 is 2.04 bits per heavy atom. The monoisotopic (exact) mass is 339 g/mol. The number of nitrogens with zero attached hydrogens (tertiary/aromatic N) is 1. The van der Waals surface area contributed by atoms with Crippen LogP contribution in [0.2, 0.25) is 0 Å². The summed E-state index contributed by atoms with van der Waals surface area (Å²) in [5, 5.41) is 6.22. The number of hydrogen-bond acceptors (Lipinski definition) is 4. The minimum atomic E-state index is -0.162. The van der Waals surface area contributed by atoms with E-state index in [-0.39, 0.29) is 12.0 Å². The molecule has 1 saturated heterocycles. The van der Waals surface area contributed by atoms with Gasteiger partial charge in [-0.2, -0.15) is 0 Å². The number of hydrogen-bond donors (Lipinski definition) is 2. The van der Waals surface area contributed by atoms with Crippen molar-refractivity contribution >= 4 is 17.3 Å². The zero-order valence-corrected chi connectivity index (χ0v) is 14.8. The number of carbonyl (C=O) groups is 1. The first-order valence-corrected chi connectivity index (χ1v) is 8.83. The van der Waals surface area contributed by atoms with Crippen LogP contribution >= 0.6 is 0 Å². The second-order valence-corrected chi connectivity index (χ2v) is 6.71. The quantitative estimate of drug-likeness (QED) is 0.833. The van der Waals surface area contributed by atoms with E-state index >= 15 is 0 Å². The van der Waals surface area contributed by atoms with Crippen LogP contribution in [0, 0.1) is 0 Å². The van der Waals surface area contributed by atoms with Gasteiger partial charge in [0.2, 0.25) is 0 Å². The van der Waals surface area contributed by atoms with Gasteiger partial charge >= 0.3 is 0 Å². The van der Waals surface area contributed by atoms with Gasteiger partial charge < -0.3 is 15.4 Å². The summed E-state index contributed by atoms with van der Waals surface area (Å²) in [6.07, 6.45) is 5.74. The lowest BCUT2D eigenvalue weighted by Crippen LogP contribution is -2.19. The third-order valence-corrected chi connectivity index (χ3v) is 4.39. The van der Waals surface area contributed by atoms with Crippen molar-refractivity contribution in [3.8, 4) is 0 Å². The van der Waals surface area contributed by atoms with E-state index < -0.39 is 0 Å². The average Bonchev–Trinajstić information content (AvgIpc) is 3.14. The Hall–Kier alpha value is -2.40. The van der Waals surface area contributed by atoms with Gasteiger partial charge in [0, 0.05) is 31.2 Å². The number of amides is 1. The fraction of sp³-hybridized carbons (Fsp3) is 0.400. The van der Waals surface area contributed by atoms with E-state index in [0.29, 0.717) is 11.5 Å². The van der Waals surface area contributed by atoms with Crippen LogP contribution in [-0.2, 0) is 4.74 Å². The number of aromatic nitrogens is 1. The third-order valence-electron chi connectivity index (χ3n) is 4.39. The van der Waals surface area contributed by atoms with E-state index in [1.54, 1.807) is 12.4 Å². The number of carbonyl (C=O) groups excluding carboxylic acids is 1. The maximum Gasteiger partial charge on any atom is 0.257 e. The van der Waals surface area contributed by atoms with Gasteiger partial charge in [-0.25, -0.2) is 0 Å². The molecule has 0 radical (unpaired) electrons. The van der Waals surface area contributed by atoms with Gasteiger partial charge in [-0.15, -0.1) is 0 Å². The number of rotatable bonds is 6. The average molecular weight is 339 g/mol. The van der Waals surface area contributed by atoms with E-state index in [9.17, 15) is 4.79 Å². The van der Waals surface area contributed by atoms with E-state index in [4.69, 9.17) is 4.74 Å². The van der Waals surface area contributed by atoms with Crippen LogP contribution in [-0.4, -0.2) is 30.1 Å². The van der Waals surface area contributed by atoms with Gasteiger partial charge in [-0.1, -0.05) is 26.0 Å². The molecular formula is C20H25N3O2. The first-order chi connectivity index (χ1) is 12.1. The fourth-order valence-electron chi connectivity index (χ4n) is 2.85. The summed E-state index contributed by atoms with van der Waals surface area (Å²) in [5.41, 5.74) is 3.40. The number of ether oxygens (including phenoxy) is 1. The number of nitrogens with one attached hydrogen (secondary N) is 2. The first-order valence-electron chi connectivity index (χ1n) is 8.83. The second-order valence-electron chi connectivity index (χ2n) is 6.71. The highest BCUT2D eigenvalue weighted by atomic mass is 16.5. The Morgan fingerprint density at radius 3 is 2.72 bits per heavy atom. The van der Waals surface area contributed by atoms with Gasteiger partial charge in [-0.3, -0.25) is 9.78 Å². The van der Waals surface area contributed by atoms with Gasteiger partial charge in [0.1, 0.15) is 0 Å². The lowest BCUT2D eigenvalue weighted by atomic mass is 10.0. The molecule has 1 aliphatic heterocycles. The number of benzene rings is 1. The third kappa shape index (κ3) is 4.79. The van der Waals surface area contributed by atoms with Crippen molar-refractivity contribution < 1.29 is 9.53 Å². The van der Waals surface area contributed by atoms with Crippen molar-refractivity contribution in [1.82, 2.24) is 4.98 Å². The predicted octanol–water partition coefficient (Wildman–Crippen LogP) is 4.05. The van der Waals surface area contributed by atoms with E-state index in [0.717, 1.165) is 37.4 Å². The van der Waals surface area contributed by atoms with Crippen molar-refractivity contribution in [3.05, 3.63) is 53.9 Å². The Morgan fingerprint density at radius 1 is 1.24 bits per heavy atom. The Bertz CT molecular complexity index is 707. The SMILES string of the molecule is CC(C)c1ccc(NC(=O)c2cncc(NCC3CCCO3)c2)cc1. The molecule has 132 valence electrons. The normalized spacial score (nSPS) is 16.8. The molecule has 2 heterocycles. The molecule has 0 bridgehead atoms. The molecular weight excluding hydrogens is 314 g/mol. The molecule has 1 aromatic heterocycles.